The zero-order valence-electron chi connectivity index (χ0n) is 11.1. The van der Waals surface area contributed by atoms with Crippen LogP contribution >= 0.6 is 0 Å². The molecule has 0 spiro atoms. The molecule has 4 nitrogen and oxygen atoms in total. The van der Waals surface area contributed by atoms with Crippen LogP contribution in [-0.4, -0.2) is 28.0 Å². The van der Waals surface area contributed by atoms with Crippen LogP contribution < -0.4 is 4.90 Å². The van der Waals surface area contributed by atoms with Gasteiger partial charge in [0, 0.05) is 19.3 Å². The number of nitrogens with one attached hydrogen (secondary N) is 1. The summed E-state index contributed by atoms with van der Waals surface area (Å²) in [6.07, 6.45) is 8.83. The Morgan fingerprint density at radius 1 is 1.39 bits per heavy atom. The molecule has 18 heavy (non-hydrogen) atoms. The summed E-state index contributed by atoms with van der Waals surface area (Å²) >= 11 is 0. The summed E-state index contributed by atoms with van der Waals surface area (Å²) in [5.41, 5.74) is 0.929. The minimum absolute atomic E-state index is 0.628. The molecule has 0 aromatic carbocycles. The van der Waals surface area contributed by atoms with Crippen LogP contribution in [-0.2, 0) is 0 Å². The lowest BCUT2D eigenvalue weighted by Gasteiger charge is -2.30. The number of hydrogen-bond donors (Lipinski definition) is 1. The van der Waals surface area contributed by atoms with Crippen molar-refractivity contribution in [2.45, 2.75) is 38.6 Å². The molecular weight excluding hydrogens is 224 g/mol. The van der Waals surface area contributed by atoms with Gasteiger partial charge in [0.2, 0.25) is 0 Å². The van der Waals surface area contributed by atoms with Crippen LogP contribution in [0.15, 0.2) is 18.6 Å². The molecule has 2 heterocycles. The molecule has 96 valence electrons. The van der Waals surface area contributed by atoms with Crippen molar-refractivity contribution in [3.63, 3.8) is 0 Å². The van der Waals surface area contributed by atoms with Gasteiger partial charge in [-0.1, -0.05) is 19.8 Å². The summed E-state index contributed by atoms with van der Waals surface area (Å²) in [4.78, 5) is 14.3. The van der Waals surface area contributed by atoms with Crippen LogP contribution in [0.25, 0.3) is 11.0 Å². The first kappa shape index (κ1) is 11.5. The van der Waals surface area contributed by atoms with Gasteiger partial charge >= 0.3 is 0 Å². The van der Waals surface area contributed by atoms with Crippen molar-refractivity contribution in [3.8, 4) is 0 Å². The Balaban J connectivity index is 1.96. The molecule has 1 aliphatic rings. The van der Waals surface area contributed by atoms with E-state index in [1.54, 1.807) is 6.33 Å². The smallest absolute Gasteiger partial charge is 0.142 e. The standard InChI is InChI=1S/C14H20N4/c1-3-10-5-4-6-12(10)18(2)14-11-7-8-15-13(11)16-9-17-14/h7-10,12H,3-6H2,1-2H3,(H,15,16,17). The molecule has 1 fully saturated rings. The molecule has 3 rings (SSSR count). The molecule has 0 saturated heterocycles. The molecule has 0 amide bonds. The van der Waals surface area contributed by atoms with E-state index in [1.165, 1.54) is 25.7 Å². The van der Waals surface area contributed by atoms with Crippen LogP contribution in [0.2, 0.25) is 0 Å². The van der Waals surface area contributed by atoms with E-state index in [2.05, 4.69) is 39.9 Å². The third-order valence-corrected chi connectivity index (χ3v) is 4.31. The Morgan fingerprint density at radius 3 is 3.11 bits per heavy atom. The number of fused-ring (bicyclic) bond motifs is 1. The van der Waals surface area contributed by atoms with Crippen LogP contribution in [0.3, 0.4) is 0 Å². The SMILES string of the molecule is CCC1CCCC1N(C)c1ncnc2[nH]ccc12. The average Bonchev–Trinajstić information content (AvgIpc) is 3.05. The highest BCUT2D eigenvalue weighted by Crippen LogP contribution is 2.34. The zero-order valence-corrected chi connectivity index (χ0v) is 11.1. The van der Waals surface area contributed by atoms with E-state index < -0.39 is 0 Å². The lowest BCUT2D eigenvalue weighted by Crippen LogP contribution is -2.35. The predicted octanol–water partition coefficient (Wildman–Crippen LogP) is 2.97. The maximum atomic E-state index is 4.49. The molecule has 1 N–H and O–H groups in total. The summed E-state index contributed by atoms with van der Waals surface area (Å²) in [5.74, 6) is 1.87. The van der Waals surface area contributed by atoms with Gasteiger partial charge in [0.15, 0.2) is 0 Å². The highest BCUT2D eigenvalue weighted by atomic mass is 15.2. The zero-order chi connectivity index (χ0) is 12.5. The first-order chi connectivity index (χ1) is 8.81. The molecule has 2 atom stereocenters. The predicted molar refractivity (Wildman–Crippen MR) is 73.7 cm³/mol. The van der Waals surface area contributed by atoms with Gasteiger partial charge in [0.25, 0.3) is 0 Å². The highest BCUT2D eigenvalue weighted by Gasteiger charge is 2.30. The number of rotatable bonds is 3. The van der Waals surface area contributed by atoms with Crippen molar-refractivity contribution >= 4 is 16.9 Å². The number of nitrogens with zero attached hydrogens (tertiary/aromatic N) is 3. The van der Waals surface area contributed by atoms with Gasteiger partial charge < -0.3 is 9.88 Å². The number of H-pyrrole nitrogens is 1. The fourth-order valence-electron chi connectivity index (χ4n) is 3.30. The van der Waals surface area contributed by atoms with Crippen LogP contribution in [0.5, 0.6) is 0 Å². The number of aromatic nitrogens is 3. The fraction of sp³-hybridized carbons (Fsp3) is 0.571. The molecule has 1 aliphatic carbocycles. The molecular formula is C14H20N4. The minimum Gasteiger partial charge on any atom is -0.356 e. The number of aromatic amines is 1. The van der Waals surface area contributed by atoms with Crippen molar-refractivity contribution in [2.75, 3.05) is 11.9 Å². The maximum Gasteiger partial charge on any atom is 0.142 e. The monoisotopic (exact) mass is 244 g/mol. The van der Waals surface area contributed by atoms with E-state index in [1.807, 2.05) is 6.20 Å². The molecule has 4 heteroatoms. The van der Waals surface area contributed by atoms with Crippen molar-refractivity contribution in [3.05, 3.63) is 18.6 Å². The van der Waals surface area contributed by atoms with E-state index in [9.17, 15) is 0 Å². The number of anilines is 1. The molecule has 0 radical (unpaired) electrons. The van der Waals surface area contributed by atoms with Gasteiger partial charge in [-0.3, -0.25) is 0 Å². The third-order valence-electron chi connectivity index (χ3n) is 4.31. The first-order valence-electron chi connectivity index (χ1n) is 6.82. The van der Waals surface area contributed by atoms with Gasteiger partial charge in [0.05, 0.1) is 5.39 Å². The first-order valence-corrected chi connectivity index (χ1v) is 6.82. The van der Waals surface area contributed by atoms with Crippen molar-refractivity contribution in [1.29, 1.82) is 0 Å². The Bertz CT molecular complexity index is 533. The molecule has 0 aliphatic heterocycles. The van der Waals surface area contributed by atoms with E-state index >= 15 is 0 Å². The lowest BCUT2D eigenvalue weighted by atomic mass is 9.99. The van der Waals surface area contributed by atoms with Crippen molar-refractivity contribution < 1.29 is 0 Å². The quantitative estimate of drug-likeness (QED) is 0.902. The van der Waals surface area contributed by atoms with E-state index in [4.69, 9.17) is 0 Å². The second kappa shape index (κ2) is 4.59. The second-order valence-electron chi connectivity index (χ2n) is 5.21. The van der Waals surface area contributed by atoms with Gasteiger partial charge in [-0.2, -0.15) is 0 Å². The molecule has 1 saturated carbocycles. The van der Waals surface area contributed by atoms with Crippen LogP contribution in [0.1, 0.15) is 32.6 Å². The summed E-state index contributed by atoms with van der Waals surface area (Å²) in [6, 6.07) is 2.69. The van der Waals surface area contributed by atoms with E-state index in [0.29, 0.717) is 6.04 Å². The summed E-state index contributed by atoms with van der Waals surface area (Å²) in [5, 5.41) is 1.13. The summed E-state index contributed by atoms with van der Waals surface area (Å²) in [7, 11) is 2.17. The Labute approximate surface area is 107 Å². The molecule has 2 aromatic rings. The van der Waals surface area contributed by atoms with Gasteiger partial charge in [0.1, 0.15) is 17.8 Å². The average molecular weight is 244 g/mol. The minimum atomic E-state index is 0.628. The fourth-order valence-corrected chi connectivity index (χ4v) is 3.30. The number of hydrogen-bond acceptors (Lipinski definition) is 3. The van der Waals surface area contributed by atoms with Gasteiger partial charge in [-0.15, -0.1) is 0 Å². The van der Waals surface area contributed by atoms with Crippen LogP contribution in [0.4, 0.5) is 5.82 Å². The van der Waals surface area contributed by atoms with Crippen molar-refractivity contribution in [2.24, 2.45) is 5.92 Å². The summed E-state index contributed by atoms with van der Waals surface area (Å²) < 4.78 is 0. The topological polar surface area (TPSA) is 44.8 Å². The third kappa shape index (κ3) is 1.76. The molecule has 2 unspecified atom stereocenters. The van der Waals surface area contributed by atoms with Crippen LogP contribution in [0, 0.1) is 5.92 Å². The second-order valence-corrected chi connectivity index (χ2v) is 5.21. The van der Waals surface area contributed by atoms with E-state index in [-0.39, 0.29) is 0 Å². The van der Waals surface area contributed by atoms with Crippen molar-refractivity contribution in [1.82, 2.24) is 15.0 Å². The van der Waals surface area contributed by atoms with Gasteiger partial charge in [-0.25, -0.2) is 9.97 Å². The molecule has 0 bridgehead atoms. The Hall–Kier alpha value is -1.58. The van der Waals surface area contributed by atoms with E-state index in [0.717, 1.165) is 22.8 Å². The summed E-state index contributed by atoms with van der Waals surface area (Å²) in [6.45, 7) is 2.29. The Morgan fingerprint density at radius 2 is 2.28 bits per heavy atom. The lowest BCUT2D eigenvalue weighted by molar-refractivity contribution is 0.450. The largest absolute Gasteiger partial charge is 0.356 e. The maximum absolute atomic E-state index is 4.49. The highest BCUT2D eigenvalue weighted by molar-refractivity contribution is 5.87. The normalized spacial score (nSPS) is 23.7. The van der Waals surface area contributed by atoms with Gasteiger partial charge in [-0.05, 0) is 24.8 Å². The molecule has 2 aromatic heterocycles. The Kier molecular flexibility index (Phi) is 2.94.